The molecule has 0 radical (unpaired) electrons. The predicted molar refractivity (Wildman–Crippen MR) is 166 cm³/mol. The van der Waals surface area contributed by atoms with Crippen LogP contribution in [-0.4, -0.2) is 69.8 Å². The highest BCUT2D eigenvalue weighted by Gasteiger charge is 2.55. The lowest BCUT2D eigenvalue weighted by Gasteiger charge is -2.47. The Morgan fingerprint density at radius 2 is 1.81 bits per heavy atom. The first-order chi connectivity index (χ1) is 20.2. The molecule has 43 heavy (non-hydrogen) atoms. The van der Waals surface area contributed by atoms with Gasteiger partial charge in [0.05, 0.1) is 42.7 Å². The van der Waals surface area contributed by atoms with E-state index in [0.29, 0.717) is 43.2 Å². The van der Waals surface area contributed by atoms with Gasteiger partial charge in [-0.15, -0.1) is 0 Å². The summed E-state index contributed by atoms with van der Waals surface area (Å²) in [4.78, 5) is 26.3. The molecule has 0 spiro atoms. The number of carbonyl (C=O) groups excluding carboxylic acids is 2. The zero-order valence-electron chi connectivity index (χ0n) is 27.8. The SMILES string of the molecule is CC[C@@H](C(=O)[C@@H](C)[C@@H](O)[C@H](C)CCc1ccc(C)c(O)c1C(=O)OC)C1O[C@](CC)(C2CC[C@](O)(CC)[C@H](C)O2)C[C@@H]1C. The molecular weight excluding hydrogens is 548 g/mol. The standard InChI is InChI=1S/C35H56O8/c1-10-26(32-22(6)19-35(12-3,43-32)27-17-18-34(40,11-2)24(8)42-27)31(38)23(7)29(36)20(4)13-15-25-16-14-21(5)30(37)28(25)33(39)41-9/h14,16,20,22-24,26-27,29,32,36-37,40H,10-13,15,17-19H2,1-9H3/t20-,22+,23+,24+,26+,27?,29+,32?,34-,35+/m1/s1. The van der Waals surface area contributed by atoms with Crippen molar-refractivity contribution in [3.05, 3.63) is 28.8 Å². The minimum absolute atomic E-state index is 0.00659. The lowest BCUT2D eigenvalue weighted by Crippen LogP contribution is -2.55. The lowest BCUT2D eigenvalue weighted by molar-refractivity contribution is -0.229. The van der Waals surface area contributed by atoms with Gasteiger partial charge in [0.1, 0.15) is 17.1 Å². The Bertz CT molecular complexity index is 1120. The number of hydrogen-bond acceptors (Lipinski definition) is 8. The van der Waals surface area contributed by atoms with Crippen molar-refractivity contribution >= 4 is 11.8 Å². The van der Waals surface area contributed by atoms with Crippen molar-refractivity contribution in [1.82, 2.24) is 0 Å². The van der Waals surface area contributed by atoms with Crippen molar-refractivity contribution in [2.75, 3.05) is 7.11 Å². The molecule has 1 aromatic rings. The van der Waals surface area contributed by atoms with Gasteiger partial charge in [0.2, 0.25) is 0 Å². The van der Waals surface area contributed by atoms with Crippen LogP contribution in [0.15, 0.2) is 12.1 Å². The van der Waals surface area contributed by atoms with Crippen LogP contribution in [0.3, 0.4) is 0 Å². The maximum atomic E-state index is 13.9. The molecule has 0 aliphatic carbocycles. The summed E-state index contributed by atoms with van der Waals surface area (Å²) in [5, 5.41) is 32.7. The van der Waals surface area contributed by atoms with Gasteiger partial charge in [0.25, 0.3) is 0 Å². The summed E-state index contributed by atoms with van der Waals surface area (Å²) >= 11 is 0. The number of phenolic OH excluding ortho intramolecular Hbond substituents is 1. The van der Waals surface area contributed by atoms with E-state index in [9.17, 15) is 24.9 Å². The quantitative estimate of drug-likeness (QED) is 0.237. The average Bonchev–Trinajstić information content (AvgIpc) is 3.34. The first kappa shape index (κ1) is 35.5. The van der Waals surface area contributed by atoms with Crippen molar-refractivity contribution in [3.8, 4) is 5.75 Å². The van der Waals surface area contributed by atoms with Gasteiger partial charge < -0.3 is 29.5 Å². The van der Waals surface area contributed by atoms with E-state index in [-0.39, 0.29) is 53.2 Å². The van der Waals surface area contributed by atoms with Crippen LogP contribution in [0, 0.1) is 30.6 Å². The number of aliphatic hydroxyl groups is 2. The molecule has 3 N–H and O–H groups in total. The number of aryl methyl sites for hydroxylation is 2. The number of methoxy groups -OCH3 is 1. The average molecular weight is 605 g/mol. The van der Waals surface area contributed by atoms with Crippen LogP contribution in [0.25, 0.3) is 0 Å². The molecule has 8 nitrogen and oxygen atoms in total. The van der Waals surface area contributed by atoms with E-state index in [0.717, 1.165) is 19.3 Å². The van der Waals surface area contributed by atoms with Gasteiger partial charge in [0.15, 0.2) is 0 Å². The maximum absolute atomic E-state index is 13.9. The number of ketones is 1. The van der Waals surface area contributed by atoms with Crippen molar-refractivity contribution < 1.29 is 39.1 Å². The van der Waals surface area contributed by atoms with Gasteiger partial charge in [-0.2, -0.15) is 0 Å². The first-order valence-corrected chi connectivity index (χ1v) is 16.4. The van der Waals surface area contributed by atoms with Gasteiger partial charge in [-0.3, -0.25) is 4.79 Å². The Morgan fingerprint density at radius 1 is 1.14 bits per heavy atom. The number of Topliss-reactive ketones (excluding diaryl/α,β-unsaturated/α-hetero) is 1. The summed E-state index contributed by atoms with van der Waals surface area (Å²) in [5.74, 6) is -1.70. The number of phenols is 1. The summed E-state index contributed by atoms with van der Waals surface area (Å²) in [6, 6.07) is 3.57. The Morgan fingerprint density at radius 3 is 2.37 bits per heavy atom. The van der Waals surface area contributed by atoms with Gasteiger partial charge in [-0.25, -0.2) is 4.79 Å². The van der Waals surface area contributed by atoms with Crippen LogP contribution in [0.4, 0.5) is 0 Å². The van der Waals surface area contributed by atoms with E-state index in [4.69, 9.17) is 14.2 Å². The Labute approximate surface area is 258 Å². The van der Waals surface area contributed by atoms with E-state index in [1.165, 1.54) is 7.11 Å². The summed E-state index contributed by atoms with van der Waals surface area (Å²) in [7, 11) is 1.28. The minimum Gasteiger partial charge on any atom is -0.507 e. The second-order valence-corrected chi connectivity index (χ2v) is 13.4. The number of aromatic hydroxyl groups is 1. The van der Waals surface area contributed by atoms with Gasteiger partial charge in [-0.1, -0.05) is 53.7 Å². The Kier molecular flexibility index (Phi) is 11.9. The molecule has 244 valence electrons. The predicted octanol–water partition coefficient (Wildman–Crippen LogP) is 5.93. The molecule has 2 heterocycles. The molecule has 0 amide bonds. The molecule has 2 aliphatic heterocycles. The highest BCUT2D eigenvalue weighted by molar-refractivity contribution is 5.94. The number of ether oxygens (including phenoxy) is 3. The third-order valence-corrected chi connectivity index (χ3v) is 10.8. The topological polar surface area (TPSA) is 123 Å². The zero-order valence-corrected chi connectivity index (χ0v) is 27.8. The number of esters is 1. The van der Waals surface area contributed by atoms with E-state index >= 15 is 0 Å². The van der Waals surface area contributed by atoms with Crippen molar-refractivity contribution in [3.63, 3.8) is 0 Å². The van der Waals surface area contributed by atoms with Crippen molar-refractivity contribution in [2.24, 2.45) is 23.7 Å². The third-order valence-electron chi connectivity index (χ3n) is 10.8. The van der Waals surface area contributed by atoms with Crippen molar-refractivity contribution in [1.29, 1.82) is 0 Å². The number of rotatable bonds is 13. The molecule has 0 aromatic heterocycles. The summed E-state index contributed by atoms with van der Waals surface area (Å²) < 4.78 is 18.2. The molecule has 2 unspecified atom stereocenters. The van der Waals surface area contributed by atoms with Gasteiger partial charge >= 0.3 is 5.97 Å². The van der Waals surface area contributed by atoms with E-state index in [2.05, 4.69) is 13.8 Å². The third kappa shape index (κ3) is 7.13. The number of carbonyl (C=O) groups is 2. The second kappa shape index (κ2) is 14.4. The van der Waals surface area contributed by atoms with Crippen LogP contribution in [0.5, 0.6) is 5.75 Å². The number of aliphatic hydroxyl groups excluding tert-OH is 1. The van der Waals surface area contributed by atoms with E-state index in [1.54, 1.807) is 26.0 Å². The molecular formula is C35H56O8. The molecule has 8 heteroatoms. The smallest absolute Gasteiger partial charge is 0.341 e. The summed E-state index contributed by atoms with van der Waals surface area (Å²) in [6.07, 6.45) is 3.60. The maximum Gasteiger partial charge on any atom is 0.341 e. The van der Waals surface area contributed by atoms with E-state index < -0.39 is 29.2 Å². The lowest BCUT2D eigenvalue weighted by atomic mass is 9.76. The second-order valence-electron chi connectivity index (χ2n) is 13.4. The molecule has 10 atom stereocenters. The summed E-state index contributed by atoms with van der Waals surface area (Å²) in [6.45, 7) is 15.6. The Balaban J connectivity index is 1.70. The first-order valence-electron chi connectivity index (χ1n) is 16.4. The molecule has 2 fully saturated rings. The molecule has 0 bridgehead atoms. The molecule has 2 saturated heterocycles. The number of benzene rings is 1. The van der Waals surface area contributed by atoms with Crippen LogP contribution >= 0.6 is 0 Å². The summed E-state index contributed by atoms with van der Waals surface area (Å²) in [5.41, 5.74) is 0.0687. The Hall–Kier alpha value is -2.00. The monoisotopic (exact) mass is 604 g/mol. The highest BCUT2D eigenvalue weighted by atomic mass is 16.6. The largest absolute Gasteiger partial charge is 0.507 e. The molecule has 0 saturated carbocycles. The van der Waals surface area contributed by atoms with Crippen LogP contribution in [0.2, 0.25) is 0 Å². The molecule has 2 aliphatic rings. The normalized spacial score (nSPS) is 32.2. The fraction of sp³-hybridized carbons (Fsp3) is 0.771. The van der Waals surface area contributed by atoms with Crippen LogP contribution < -0.4 is 0 Å². The van der Waals surface area contributed by atoms with Crippen LogP contribution in [0.1, 0.15) is 115 Å². The fourth-order valence-corrected chi connectivity index (χ4v) is 7.54. The molecule has 1 aromatic carbocycles. The minimum atomic E-state index is -0.871. The van der Waals surface area contributed by atoms with Gasteiger partial charge in [0, 0.05) is 11.8 Å². The molecule has 3 rings (SSSR count). The van der Waals surface area contributed by atoms with E-state index in [1.807, 2.05) is 27.7 Å². The van der Waals surface area contributed by atoms with Crippen molar-refractivity contribution in [2.45, 2.75) is 142 Å². The van der Waals surface area contributed by atoms with Gasteiger partial charge in [-0.05, 0) is 88.2 Å². The zero-order chi connectivity index (χ0) is 32.3. The van der Waals surface area contributed by atoms with Crippen LogP contribution in [-0.2, 0) is 25.4 Å². The highest BCUT2D eigenvalue weighted by Crippen LogP contribution is 2.48. The fourth-order valence-electron chi connectivity index (χ4n) is 7.54. The number of hydrogen-bond donors (Lipinski definition) is 3.